The maximum Gasteiger partial charge on any atom is 0.254 e. The van der Waals surface area contributed by atoms with Crippen LogP contribution in [0.3, 0.4) is 0 Å². The second kappa shape index (κ2) is 5.08. The Bertz CT molecular complexity index is 424. The summed E-state index contributed by atoms with van der Waals surface area (Å²) in [5.74, 6) is -0.873. The van der Waals surface area contributed by atoms with Gasteiger partial charge in [0.05, 0.1) is 0 Å². The smallest absolute Gasteiger partial charge is 0.254 e. The molecule has 0 spiro atoms. The minimum atomic E-state index is -0.650. The van der Waals surface area contributed by atoms with Gasteiger partial charge >= 0.3 is 0 Å². The first-order chi connectivity index (χ1) is 7.86. The van der Waals surface area contributed by atoms with Gasteiger partial charge in [0.15, 0.2) is 0 Å². The molecule has 0 aliphatic rings. The van der Waals surface area contributed by atoms with E-state index in [0.717, 1.165) is 6.07 Å². The van der Waals surface area contributed by atoms with Gasteiger partial charge in [0.2, 0.25) is 5.95 Å². The van der Waals surface area contributed by atoms with Crippen molar-refractivity contribution in [1.29, 1.82) is 0 Å². The number of hydrogen-bond acceptors (Lipinski definition) is 2. The molecule has 1 aromatic heterocycles. The average molecular weight is 236 g/mol. The molecule has 4 heteroatoms. The predicted octanol–water partition coefficient (Wildman–Crippen LogP) is 2.65. The standard InChI is InChI=1S/C13H17FN2O/c1-5-8-16(13(2,3)4)12(17)10-6-7-15-11(14)9-10/h5-7,9H,1,8H2,2-4H3. The van der Waals surface area contributed by atoms with Crippen molar-refractivity contribution in [3.05, 3.63) is 42.5 Å². The number of pyridine rings is 1. The molecule has 1 amide bonds. The van der Waals surface area contributed by atoms with Gasteiger partial charge in [-0.25, -0.2) is 4.98 Å². The van der Waals surface area contributed by atoms with Crippen LogP contribution in [0.15, 0.2) is 31.0 Å². The number of amides is 1. The van der Waals surface area contributed by atoms with E-state index < -0.39 is 5.95 Å². The highest BCUT2D eigenvalue weighted by atomic mass is 19.1. The first-order valence-corrected chi connectivity index (χ1v) is 5.40. The fourth-order valence-electron chi connectivity index (χ4n) is 1.48. The van der Waals surface area contributed by atoms with E-state index >= 15 is 0 Å². The van der Waals surface area contributed by atoms with Crippen LogP contribution in [-0.2, 0) is 0 Å². The van der Waals surface area contributed by atoms with Crippen LogP contribution in [0.1, 0.15) is 31.1 Å². The Morgan fingerprint density at radius 2 is 2.24 bits per heavy atom. The SMILES string of the molecule is C=CCN(C(=O)c1ccnc(F)c1)C(C)(C)C. The van der Waals surface area contributed by atoms with Crippen molar-refractivity contribution in [2.24, 2.45) is 0 Å². The van der Waals surface area contributed by atoms with Gasteiger partial charge in [-0.15, -0.1) is 6.58 Å². The summed E-state index contributed by atoms with van der Waals surface area (Å²) < 4.78 is 13.0. The molecule has 0 atom stereocenters. The fraction of sp³-hybridized carbons (Fsp3) is 0.385. The zero-order chi connectivity index (χ0) is 13.1. The third-order valence-electron chi connectivity index (χ3n) is 2.34. The molecule has 3 nitrogen and oxygen atoms in total. The molecule has 1 heterocycles. The van der Waals surface area contributed by atoms with E-state index in [1.54, 1.807) is 11.0 Å². The molecule has 0 aliphatic heterocycles. The Balaban J connectivity index is 3.04. The van der Waals surface area contributed by atoms with Crippen LogP contribution in [0.4, 0.5) is 4.39 Å². The Morgan fingerprint density at radius 1 is 1.59 bits per heavy atom. The van der Waals surface area contributed by atoms with Crippen LogP contribution in [0.2, 0.25) is 0 Å². The highest BCUT2D eigenvalue weighted by Gasteiger charge is 2.26. The van der Waals surface area contributed by atoms with E-state index in [2.05, 4.69) is 11.6 Å². The molecule has 92 valence electrons. The molecule has 17 heavy (non-hydrogen) atoms. The van der Waals surface area contributed by atoms with Crippen LogP contribution in [-0.4, -0.2) is 27.9 Å². The number of halogens is 1. The van der Waals surface area contributed by atoms with Crippen molar-refractivity contribution in [3.8, 4) is 0 Å². The van der Waals surface area contributed by atoms with Gasteiger partial charge in [0.1, 0.15) is 0 Å². The number of rotatable bonds is 3. The summed E-state index contributed by atoms with van der Waals surface area (Å²) in [6.07, 6.45) is 2.94. The number of carbonyl (C=O) groups excluding carboxylic acids is 1. The predicted molar refractivity (Wildman–Crippen MR) is 65.2 cm³/mol. The number of hydrogen-bond donors (Lipinski definition) is 0. The highest BCUT2D eigenvalue weighted by Crippen LogP contribution is 2.17. The summed E-state index contributed by atoms with van der Waals surface area (Å²) in [6.45, 7) is 9.82. The first-order valence-electron chi connectivity index (χ1n) is 5.40. The lowest BCUT2D eigenvalue weighted by Gasteiger charge is -2.35. The molecule has 0 radical (unpaired) electrons. The second-order valence-electron chi connectivity index (χ2n) is 4.74. The molecule has 1 aromatic rings. The topological polar surface area (TPSA) is 33.2 Å². The molecular weight excluding hydrogens is 219 g/mol. The van der Waals surface area contributed by atoms with E-state index in [1.807, 2.05) is 20.8 Å². The molecule has 0 fully saturated rings. The van der Waals surface area contributed by atoms with Crippen molar-refractivity contribution in [2.45, 2.75) is 26.3 Å². The Hall–Kier alpha value is -1.71. The first kappa shape index (κ1) is 13.4. The lowest BCUT2D eigenvalue weighted by molar-refractivity contribution is 0.0616. The maximum atomic E-state index is 13.0. The molecular formula is C13H17FN2O. The Morgan fingerprint density at radius 3 is 2.71 bits per heavy atom. The summed E-state index contributed by atoms with van der Waals surface area (Å²) in [5, 5.41) is 0. The van der Waals surface area contributed by atoms with E-state index in [4.69, 9.17) is 0 Å². The van der Waals surface area contributed by atoms with Crippen LogP contribution in [0.5, 0.6) is 0 Å². The third kappa shape index (κ3) is 3.37. The summed E-state index contributed by atoms with van der Waals surface area (Å²) >= 11 is 0. The number of carbonyl (C=O) groups is 1. The Kier molecular flexibility index (Phi) is 3.99. The zero-order valence-electron chi connectivity index (χ0n) is 10.4. The molecule has 0 saturated heterocycles. The van der Waals surface area contributed by atoms with Crippen LogP contribution >= 0.6 is 0 Å². The number of aromatic nitrogens is 1. The summed E-state index contributed by atoms with van der Waals surface area (Å²) in [5.41, 5.74) is -0.0420. The van der Waals surface area contributed by atoms with Crippen LogP contribution in [0, 0.1) is 5.95 Å². The van der Waals surface area contributed by atoms with Crippen molar-refractivity contribution in [2.75, 3.05) is 6.54 Å². The van der Waals surface area contributed by atoms with Crippen molar-refractivity contribution < 1.29 is 9.18 Å². The molecule has 0 unspecified atom stereocenters. The summed E-state index contributed by atoms with van der Waals surface area (Å²) in [7, 11) is 0. The van der Waals surface area contributed by atoms with Crippen molar-refractivity contribution in [1.82, 2.24) is 9.88 Å². The molecule has 0 saturated carbocycles. The quantitative estimate of drug-likeness (QED) is 0.597. The van der Waals surface area contributed by atoms with Gasteiger partial charge in [-0.2, -0.15) is 4.39 Å². The molecule has 0 aliphatic carbocycles. The fourth-order valence-corrected chi connectivity index (χ4v) is 1.48. The minimum Gasteiger partial charge on any atom is -0.330 e. The normalized spacial score (nSPS) is 11.1. The van der Waals surface area contributed by atoms with Gasteiger partial charge in [-0.05, 0) is 26.8 Å². The lowest BCUT2D eigenvalue weighted by atomic mass is 10.0. The maximum absolute atomic E-state index is 13.0. The summed E-state index contributed by atoms with van der Waals surface area (Å²) in [6, 6.07) is 2.65. The summed E-state index contributed by atoms with van der Waals surface area (Å²) in [4.78, 5) is 17.3. The van der Waals surface area contributed by atoms with E-state index in [1.165, 1.54) is 12.3 Å². The van der Waals surface area contributed by atoms with Gasteiger partial charge in [-0.1, -0.05) is 6.08 Å². The van der Waals surface area contributed by atoms with Crippen LogP contribution in [0.25, 0.3) is 0 Å². The monoisotopic (exact) mass is 236 g/mol. The zero-order valence-corrected chi connectivity index (χ0v) is 10.4. The Labute approximate surface area is 101 Å². The molecule has 0 aromatic carbocycles. The average Bonchev–Trinajstić information content (AvgIpc) is 2.23. The van der Waals surface area contributed by atoms with Gasteiger partial charge in [0.25, 0.3) is 5.91 Å². The minimum absolute atomic E-state index is 0.223. The van der Waals surface area contributed by atoms with Gasteiger partial charge in [0, 0.05) is 29.9 Å². The second-order valence-corrected chi connectivity index (χ2v) is 4.74. The van der Waals surface area contributed by atoms with E-state index in [9.17, 15) is 9.18 Å². The molecule has 0 bridgehead atoms. The highest BCUT2D eigenvalue weighted by molar-refractivity contribution is 5.94. The van der Waals surface area contributed by atoms with E-state index in [-0.39, 0.29) is 11.4 Å². The lowest BCUT2D eigenvalue weighted by Crippen LogP contribution is -2.45. The van der Waals surface area contributed by atoms with Crippen molar-refractivity contribution >= 4 is 5.91 Å². The number of nitrogens with zero attached hydrogens (tertiary/aromatic N) is 2. The molecule has 1 rings (SSSR count). The third-order valence-corrected chi connectivity index (χ3v) is 2.34. The van der Waals surface area contributed by atoms with Crippen molar-refractivity contribution in [3.63, 3.8) is 0 Å². The largest absolute Gasteiger partial charge is 0.330 e. The van der Waals surface area contributed by atoms with Gasteiger partial charge in [-0.3, -0.25) is 4.79 Å². The van der Waals surface area contributed by atoms with Gasteiger partial charge < -0.3 is 4.90 Å². The molecule has 0 N–H and O–H groups in total. The van der Waals surface area contributed by atoms with E-state index in [0.29, 0.717) is 12.1 Å². The van der Waals surface area contributed by atoms with Crippen LogP contribution < -0.4 is 0 Å².